The first-order chi connectivity index (χ1) is 9.31. The topological polar surface area (TPSA) is 39.1 Å². The highest BCUT2D eigenvalue weighted by Gasteiger charge is 1.98. The van der Waals surface area contributed by atoms with Gasteiger partial charge in [0.15, 0.2) is 0 Å². The van der Waals surface area contributed by atoms with Gasteiger partial charge in [0.05, 0.1) is 12.8 Å². The van der Waals surface area contributed by atoms with Gasteiger partial charge in [-0.25, -0.2) is 4.68 Å². The molecule has 2 rings (SSSR count). The average Bonchev–Trinajstić information content (AvgIpc) is 2.88. The second-order valence-corrected chi connectivity index (χ2v) is 4.20. The lowest BCUT2D eigenvalue weighted by Gasteiger charge is -2.06. The molecule has 0 bridgehead atoms. The second kappa shape index (κ2) is 6.75. The van der Waals surface area contributed by atoms with E-state index in [0.717, 1.165) is 24.4 Å². The molecule has 1 aromatic heterocycles. The number of aromatic nitrogens is 2. The van der Waals surface area contributed by atoms with Crippen LogP contribution in [0, 0.1) is 0 Å². The molecule has 0 atom stereocenters. The zero-order valence-corrected chi connectivity index (χ0v) is 11.2. The van der Waals surface area contributed by atoms with Crippen LogP contribution in [-0.2, 0) is 13.1 Å². The molecule has 19 heavy (non-hydrogen) atoms. The molecular weight excluding hydrogens is 238 g/mol. The van der Waals surface area contributed by atoms with Gasteiger partial charge in [-0.05, 0) is 24.6 Å². The Balaban J connectivity index is 1.84. The van der Waals surface area contributed by atoms with Gasteiger partial charge in [0.1, 0.15) is 5.75 Å². The Morgan fingerprint density at radius 2 is 2.21 bits per heavy atom. The van der Waals surface area contributed by atoms with Gasteiger partial charge in [0, 0.05) is 31.0 Å². The largest absolute Gasteiger partial charge is 0.494 e. The summed E-state index contributed by atoms with van der Waals surface area (Å²) in [6.07, 6.45) is 5.47. The van der Waals surface area contributed by atoms with Crippen LogP contribution in [0.3, 0.4) is 0 Å². The summed E-state index contributed by atoms with van der Waals surface area (Å²) in [7, 11) is 0. The van der Waals surface area contributed by atoms with E-state index in [2.05, 4.69) is 29.1 Å². The molecule has 0 unspecified atom stereocenters. The summed E-state index contributed by atoms with van der Waals surface area (Å²) < 4.78 is 7.18. The summed E-state index contributed by atoms with van der Waals surface area (Å²) in [5.41, 5.74) is 2.35. The van der Waals surface area contributed by atoms with Crippen molar-refractivity contribution >= 4 is 6.20 Å². The van der Waals surface area contributed by atoms with Gasteiger partial charge >= 0.3 is 0 Å². The van der Waals surface area contributed by atoms with Gasteiger partial charge in [-0.1, -0.05) is 18.7 Å². The molecular formula is C15H19N3O. The molecule has 0 aliphatic carbocycles. The molecule has 1 heterocycles. The quantitative estimate of drug-likeness (QED) is 0.829. The van der Waals surface area contributed by atoms with Crippen LogP contribution in [0.5, 0.6) is 5.75 Å². The third kappa shape index (κ3) is 3.96. The van der Waals surface area contributed by atoms with Crippen LogP contribution in [-0.4, -0.2) is 16.4 Å². The molecule has 0 aliphatic rings. The Labute approximate surface area is 113 Å². The van der Waals surface area contributed by atoms with E-state index >= 15 is 0 Å². The molecule has 100 valence electrons. The summed E-state index contributed by atoms with van der Waals surface area (Å²) in [5.74, 6) is 0.918. The van der Waals surface area contributed by atoms with Gasteiger partial charge in [-0.3, -0.25) is 0 Å². The van der Waals surface area contributed by atoms with Gasteiger partial charge in [-0.2, -0.15) is 5.10 Å². The first-order valence-electron chi connectivity index (χ1n) is 6.40. The monoisotopic (exact) mass is 257 g/mol. The summed E-state index contributed by atoms with van der Waals surface area (Å²) in [5, 5.41) is 7.52. The molecule has 2 aromatic rings. The predicted octanol–water partition coefficient (Wildman–Crippen LogP) is 2.67. The Morgan fingerprint density at radius 3 is 2.95 bits per heavy atom. The van der Waals surface area contributed by atoms with Crippen LogP contribution in [0.1, 0.15) is 18.1 Å². The van der Waals surface area contributed by atoms with Crippen LogP contribution in [0.2, 0.25) is 0 Å². The van der Waals surface area contributed by atoms with Gasteiger partial charge in [0.25, 0.3) is 0 Å². The molecule has 4 heteroatoms. The van der Waals surface area contributed by atoms with Crippen LogP contribution < -0.4 is 10.1 Å². The highest BCUT2D eigenvalue weighted by atomic mass is 16.5. The Morgan fingerprint density at radius 1 is 1.37 bits per heavy atom. The van der Waals surface area contributed by atoms with Crippen molar-refractivity contribution < 1.29 is 4.74 Å². The van der Waals surface area contributed by atoms with Crippen molar-refractivity contribution in [1.82, 2.24) is 15.1 Å². The number of hydrogen-bond acceptors (Lipinski definition) is 3. The first-order valence-corrected chi connectivity index (χ1v) is 6.40. The molecule has 0 fully saturated rings. The molecule has 0 aliphatic heterocycles. The van der Waals surface area contributed by atoms with Crippen molar-refractivity contribution in [2.75, 3.05) is 6.61 Å². The van der Waals surface area contributed by atoms with Crippen molar-refractivity contribution in [1.29, 1.82) is 0 Å². The van der Waals surface area contributed by atoms with Crippen molar-refractivity contribution in [2.45, 2.75) is 20.0 Å². The highest BCUT2D eigenvalue weighted by molar-refractivity contribution is 5.28. The molecule has 1 aromatic carbocycles. The lowest BCUT2D eigenvalue weighted by atomic mass is 10.2. The maximum Gasteiger partial charge on any atom is 0.119 e. The standard InChI is InChI=1S/C15H19N3O/c1-3-18-12-14(11-17-18)10-16-9-13-6-5-7-15(8-13)19-4-2/h3,5-8,11-12,16H,1,4,9-10H2,2H3. The van der Waals surface area contributed by atoms with Crippen molar-refractivity contribution in [3.63, 3.8) is 0 Å². The summed E-state index contributed by atoms with van der Waals surface area (Å²) >= 11 is 0. The van der Waals surface area contributed by atoms with Crippen LogP contribution >= 0.6 is 0 Å². The second-order valence-electron chi connectivity index (χ2n) is 4.20. The van der Waals surface area contributed by atoms with E-state index in [1.165, 1.54) is 5.56 Å². The summed E-state index contributed by atoms with van der Waals surface area (Å²) in [4.78, 5) is 0. The molecule has 1 N–H and O–H groups in total. The van der Waals surface area contributed by atoms with Gasteiger partial charge < -0.3 is 10.1 Å². The molecule has 4 nitrogen and oxygen atoms in total. The van der Waals surface area contributed by atoms with Crippen molar-refractivity contribution in [2.24, 2.45) is 0 Å². The number of nitrogens with zero attached hydrogens (tertiary/aromatic N) is 2. The fraction of sp³-hybridized carbons (Fsp3) is 0.267. The zero-order valence-electron chi connectivity index (χ0n) is 11.2. The molecule has 0 amide bonds. The zero-order chi connectivity index (χ0) is 13.5. The Hall–Kier alpha value is -2.07. The molecule has 0 saturated carbocycles. The fourth-order valence-electron chi connectivity index (χ4n) is 1.83. The average molecular weight is 257 g/mol. The molecule has 0 saturated heterocycles. The van der Waals surface area contributed by atoms with E-state index in [4.69, 9.17) is 4.74 Å². The minimum Gasteiger partial charge on any atom is -0.494 e. The fourth-order valence-corrected chi connectivity index (χ4v) is 1.83. The van der Waals surface area contributed by atoms with E-state index in [9.17, 15) is 0 Å². The highest BCUT2D eigenvalue weighted by Crippen LogP contribution is 2.13. The van der Waals surface area contributed by atoms with E-state index in [0.29, 0.717) is 6.61 Å². The van der Waals surface area contributed by atoms with E-state index in [1.807, 2.05) is 31.5 Å². The Bertz CT molecular complexity index is 534. The van der Waals surface area contributed by atoms with E-state index in [1.54, 1.807) is 10.9 Å². The molecule has 0 radical (unpaired) electrons. The number of rotatable bonds is 7. The summed E-state index contributed by atoms with van der Waals surface area (Å²) in [6, 6.07) is 8.13. The minimum atomic E-state index is 0.692. The maximum absolute atomic E-state index is 5.48. The summed E-state index contributed by atoms with van der Waals surface area (Å²) in [6.45, 7) is 7.94. The van der Waals surface area contributed by atoms with Gasteiger partial charge in [-0.15, -0.1) is 0 Å². The van der Waals surface area contributed by atoms with E-state index in [-0.39, 0.29) is 0 Å². The first kappa shape index (κ1) is 13.4. The Kier molecular flexibility index (Phi) is 4.75. The van der Waals surface area contributed by atoms with Crippen LogP contribution in [0.25, 0.3) is 6.20 Å². The lowest BCUT2D eigenvalue weighted by molar-refractivity contribution is 0.340. The number of hydrogen-bond donors (Lipinski definition) is 1. The third-order valence-electron chi connectivity index (χ3n) is 2.71. The lowest BCUT2D eigenvalue weighted by Crippen LogP contribution is -2.12. The maximum atomic E-state index is 5.48. The van der Waals surface area contributed by atoms with Crippen molar-refractivity contribution in [3.05, 3.63) is 54.4 Å². The van der Waals surface area contributed by atoms with E-state index < -0.39 is 0 Å². The third-order valence-corrected chi connectivity index (χ3v) is 2.71. The number of ether oxygens (including phenoxy) is 1. The van der Waals surface area contributed by atoms with Gasteiger partial charge in [0.2, 0.25) is 0 Å². The van der Waals surface area contributed by atoms with Crippen LogP contribution in [0.4, 0.5) is 0 Å². The van der Waals surface area contributed by atoms with Crippen molar-refractivity contribution in [3.8, 4) is 5.75 Å². The SMILES string of the molecule is C=Cn1cc(CNCc2cccc(OCC)c2)cn1. The predicted molar refractivity (Wildman–Crippen MR) is 76.8 cm³/mol. The van der Waals surface area contributed by atoms with Crippen LogP contribution in [0.15, 0.2) is 43.2 Å². The number of benzene rings is 1. The number of nitrogens with one attached hydrogen (secondary N) is 1. The normalized spacial score (nSPS) is 10.4. The minimum absolute atomic E-state index is 0.692. The smallest absolute Gasteiger partial charge is 0.119 e. The molecule has 0 spiro atoms.